The molecule has 1 aliphatic rings. The highest BCUT2D eigenvalue weighted by Gasteiger charge is 2.52. The van der Waals surface area contributed by atoms with Crippen LogP contribution in [-0.4, -0.2) is 45.9 Å². The van der Waals surface area contributed by atoms with E-state index in [1.807, 2.05) is 0 Å². The monoisotopic (exact) mass is 402 g/mol. The van der Waals surface area contributed by atoms with E-state index in [1.54, 1.807) is 6.92 Å². The van der Waals surface area contributed by atoms with Crippen LogP contribution in [0, 0.1) is 11.3 Å². The fourth-order valence-corrected chi connectivity index (χ4v) is 3.33. The quantitative estimate of drug-likeness (QED) is 0.614. The molecule has 1 unspecified atom stereocenters. The number of pyridine rings is 1. The first-order valence-corrected chi connectivity index (χ1v) is 8.38. The molecule has 11 heteroatoms. The number of anilines is 1. The summed E-state index contributed by atoms with van der Waals surface area (Å²) >= 11 is 4.31. The lowest BCUT2D eigenvalue weighted by Crippen LogP contribution is -2.47. The largest absolute Gasteiger partial charge is 0.465 e. The van der Waals surface area contributed by atoms with Crippen LogP contribution in [0.2, 0.25) is 0 Å². The molecule has 1 saturated heterocycles. The lowest BCUT2D eigenvalue weighted by Gasteiger charge is -2.29. The Morgan fingerprint density at radius 2 is 2.11 bits per heavy atom. The number of rotatable bonds is 4. The molecule has 7 nitrogen and oxygen atoms in total. The van der Waals surface area contributed by atoms with Gasteiger partial charge in [0.15, 0.2) is 5.69 Å². The second-order valence-electron chi connectivity index (χ2n) is 6.21. The molecule has 146 valence electrons. The molecule has 1 aromatic heterocycles. The van der Waals surface area contributed by atoms with Gasteiger partial charge in [0.25, 0.3) is 0 Å². The number of thiol groups is 1. The normalized spacial score (nSPS) is 19.9. The Morgan fingerprint density at radius 1 is 1.48 bits per heavy atom. The maximum Gasteiger partial charge on any atom is 0.419 e. The lowest BCUT2D eigenvalue weighted by molar-refractivity contribution is -0.146. The minimum atomic E-state index is -4.82. The third-order valence-corrected chi connectivity index (χ3v) is 4.65. The number of nitrogens with zero attached hydrogens (tertiary/aromatic N) is 4. The van der Waals surface area contributed by atoms with Crippen LogP contribution in [0.25, 0.3) is 0 Å². The van der Waals surface area contributed by atoms with Crippen molar-refractivity contribution < 1.29 is 27.5 Å². The Morgan fingerprint density at radius 3 is 2.63 bits per heavy atom. The van der Waals surface area contributed by atoms with Crippen LogP contribution in [0.3, 0.4) is 0 Å². The van der Waals surface area contributed by atoms with E-state index in [1.165, 1.54) is 24.8 Å². The van der Waals surface area contributed by atoms with Crippen LogP contribution < -0.4 is 4.90 Å². The summed E-state index contributed by atoms with van der Waals surface area (Å²) in [4.78, 5) is 30.6. The maximum atomic E-state index is 13.2. The van der Waals surface area contributed by atoms with Crippen molar-refractivity contribution in [2.45, 2.75) is 38.0 Å². The Balaban J connectivity index is 2.46. The summed E-state index contributed by atoms with van der Waals surface area (Å²) in [5.41, 5.74) is -4.46. The second kappa shape index (κ2) is 7.36. The van der Waals surface area contributed by atoms with Crippen molar-refractivity contribution >= 4 is 30.2 Å². The minimum Gasteiger partial charge on any atom is -0.465 e. The van der Waals surface area contributed by atoms with Gasteiger partial charge in [0.2, 0.25) is 5.91 Å². The van der Waals surface area contributed by atoms with Crippen LogP contribution in [0.5, 0.6) is 0 Å². The molecule has 0 N–H and O–H groups in total. The van der Waals surface area contributed by atoms with E-state index in [0.29, 0.717) is 6.07 Å². The third-order valence-electron chi connectivity index (χ3n) is 4.14. The zero-order chi connectivity index (χ0) is 20.6. The van der Waals surface area contributed by atoms with E-state index < -0.39 is 40.3 Å². The Bertz CT molecular complexity index is 807. The molecule has 0 aliphatic carbocycles. The number of nitriles is 1. The van der Waals surface area contributed by atoms with Crippen LogP contribution in [0.1, 0.15) is 32.0 Å². The highest BCUT2D eigenvalue weighted by atomic mass is 32.1. The number of carbonyl (C=O) groups is 2. The summed E-state index contributed by atoms with van der Waals surface area (Å²) < 4.78 is 44.5. The average molecular weight is 402 g/mol. The van der Waals surface area contributed by atoms with Crippen LogP contribution in [-0.2, 0) is 20.5 Å². The van der Waals surface area contributed by atoms with Gasteiger partial charge in [0.05, 0.1) is 29.6 Å². The van der Waals surface area contributed by atoms with E-state index in [4.69, 9.17) is 10.00 Å². The summed E-state index contributed by atoms with van der Waals surface area (Å²) in [5.74, 6) is -1.15. The number of carbonyl (C=O) groups excluding carboxylic acids is 2. The highest BCUT2D eigenvalue weighted by Crippen LogP contribution is 2.39. The van der Waals surface area contributed by atoms with Gasteiger partial charge >= 0.3 is 12.1 Å². The third kappa shape index (κ3) is 3.86. The van der Waals surface area contributed by atoms with Crippen molar-refractivity contribution in [3.05, 3.63) is 23.5 Å². The van der Waals surface area contributed by atoms with Crippen molar-refractivity contribution in [3.8, 4) is 6.07 Å². The molecule has 0 saturated carbocycles. The second-order valence-corrected chi connectivity index (χ2v) is 6.67. The SMILES string of the molecule is CCOC(=O)CN1C(S)N(c2cnc(C#N)c(C(F)(F)F)c2)C(=O)C1(C)C. The molecular weight excluding hydrogens is 385 g/mol. The topological polar surface area (TPSA) is 86.5 Å². The number of halogens is 3. The van der Waals surface area contributed by atoms with Gasteiger partial charge in [0, 0.05) is 0 Å². The summed E-state index contributed by atoms with van der Waals surface area (Å²) in [6.07, 6.45) is -3.82. The molecule has 2 rings (SSSR count). The molecule has 0 bridgehead atoms. The minimum absolute atomic E-state index is 0.149. The molecule has 0 radical (unpaired) electrons. The molecule has 27 heavy (non-hydrogen) atoms. The zero-order valence-electron chi connectivity index (χ0n) is 14.7. The first-order chi connectivity index (χ1) is 12.4. The highest BCUT2D eigenvalue weighted by molar-refractivity contribution is 7.81. The molecule has 1 aromatic rings. The number of ether oxygens (including phenoxy) is 1. The molecule has 0 aromatic carbocycles. The Hall–Kier alpha value is -2.32. The van der Waals surface area contributed by atoms with Crippen LogP contribution >= 0.6 is 12.6 Å². The number of amides is 1. The summed E-state index contributed by atoms with van der Waals surface area (Å²) in [7, 11) is 0. The van der Waals surface area contributed by atoms with Crippen molar-refractivity contribution in [1.29, 1.82) is 5.26 Å². The fourth-order valence-electron chi connectivity index (χ4n) is 2.72. The number of esters is 1. The van der Waals surface area contributed by atoms with E-state index in [0.717, 1.165) is 11.1 Å². The number of hydrogen-bond donors (Lipinski definition) is 1. The standard InChI is InChI=1S/C16H17F3N4O3S/c1-4-26-12(24)8-22-14(27)23(13(25)15(22,2)3)9-5-10(16(17,18)19)11(6-20)21-7-9/h5,7,14,27H,4,8H2,1-3H3. The van der Waals surface area contributed by atoms with Gasteiger partial charge in [-0.1, -0.05) is 0 Å². The molecule has 2 heterocycles. The summed E-state index contributed by atoms with van der Waals surface area (Å²) in [6.45, 7) is 4.56. The fraction of sp³-hybridized carbons (Fsp3) is 0.500. The van der Waals surface area contributed by atoms with E-state index in [-0.39, 0.29) is 18.8 Å². The average Bonchev–Trinajstić information content (AvgIpc) is 2.74. The molecule has 1 aliphatic heterocycles. The van der Waals surface area contributed by atoms with Gasteiger partial charge in [-0.15, -0.1) is 12.6 Å². The van der Waals surface area contributed by atoms with E-state index in [9.17, 15) is 22.8 Å². The van der Waals surface area contributed by atoms with Gasteiger partial charge in [-0.3, -0.25) is 14.5 Å². The number of alkyl halides is 3. The van der Waals surface area contributed by atoms with Crippen molar-refractivity contribution in [2.75, 3.05) is 18.1 Å². The molecule has 1 fully saturated rings. The van der Waals surface area contributed by atoms with Crippen LogP contribution in [0.15, 0.2) is 12.3 Å². The molecule has 1 amide bonds. The molecular formula is C16H17F3N4O3S. The molecule has 0 spiro atoms. The predicted molar refractivity (Wildman–Crippen MR) is 91.6 cm³/mol. The van der Waals surface area contributed by atoms with Crippen LogP contribution in [0.4, 0.5) is 18.9 Å². The van der Waals surface area contributed by atoms with Gasteiger partial charge in [-0.05, 0) is 26.8 Å². The van der Waals surface area contributed by atoms with Gasteiger partial charge in [-0.2, -0.15) is 18.4 Å². The molecule has 1 atom stereocenters. The van der Waals surface area contributed by atoms with E-state index in [2.05, 4.69) is 17.6 Å². The van der Waals surface area contributed by atoms with Gasteiger partial charge < -0.3 is 4.74 Å². The number of aromatic nitrogens is 1. The van der Waals surface area contributed by atoms with Crippen molar-refractivity contribution in [1.82, 2.24) is 9.88 Å². The predicted octanol–water partition coefficient (Wildman–Crippen LogP) is 2.18. The smallest absolute Gasteiger partial charge is 0.419 e. The van der Waals surface area contributed by atoms with Crippen molar-refractivity contribution in [2.24, 2.45) is 0 Å². The lowest BCUT2D eigenvalue weighted by atomic mass is 10.0. The number of hydrogen-bond acceptors (Lipinski definition) is 7. The zero-order valence-corrected chi connectivity index (χ0v) is 15.6. The van der Waals surface area contributed by atoms with Gasteiger partial charge in [-0.25, -0.2) is 9.88 Å². The van der Waals surface area contributed by atoms with Crippen molar-refractivity contribution in [3.63, 3.8) is 0 Å². The maximum absolute atomic E-state index is 13.2. The Kier molecular flexibility index (Phi) is 5.72. The van der Waals surface area contributed by atoms with Gasteiger partial charge in [0.1, 0.15) is 18.1 Å². The van der Waals surface area contributed by atoms with E-state index >= 15 is 0 Å². The Labute approximate surface area is 159 Å². The summed E-state index contributed by atoms with van der Waals surface area (Å²) in [5, 5.41) is 8.85. The first-order valence-electron chi connectivity index (χ1n) is 7.86. The first kappa shape index (κ1) is 21.0. The summed E-state index contributed by atoms with van der Waals surface area (Å²) in [6, 6.07) is 2.06.